The van der Waals surface area contributed by atoms with Crippen molar-refractivity contribution in [2.75, 3.05) is 12.4 Å². The number of rotatable bonds is 5. The molecule has 23 heavy (non-hydrogen) atoms. The van der Waals surface area contributed by atoms with Gasteiger partial charge in [0.15, 0.2) is 0 Å². The molecule has 2 aromatic rings. The van der Waals surface area contributed by atoms with Gasteiger partial charge in [-0.15, -0.1) is 11.8 Å². The fourth-order valence-electron chi connectivity index (χ4n) is 2.58. The molecule has 0 fully saturated rings. The number of halogens is 1. The fraction of sp³-hybridized carbons (Fsp3) is 0.278. The van der Waals surface area contributed by atoms with Crippen LogP contribution in [0.15, 0.2) is 57.9 Å². The Morgan fingerprint density at radius 1 is 1.26 bits per heavy atom. The minimum atomic E-state index is 0.0340. The molecular formula is C18H18BrNO2S. The molecule has 1 amide bonds. The number of amides is 1. The number of carbonyl (C=O) groups excluding carboxylic acids is 1. The number of ether oxygens (including phenoxy) is 1. The molecule has 0 saturated carbocycles. The van der Waals surface area contributed by atoms with Crippen molar-refractivity contribution in [2.24, 2.45) is 0 Å². The summed E-state index contributed by atoms with van der Waals surface area (Å²) in [6.45, 7) is 0.380. The van der Waals surface area contributed by atoms with Crippen LogP contribution in [-0.2, 0) is 4.79 Å². The Bertz CT molecular complexity index is 692. The van der Waals surface area contributed by atoms with Crippen LogP contribution in [0, 0.1) is 0 Å². The predicted molar refractivity (Wildman–Crippen MR) is 96.9 cm³/mol. The molecule has 1 atom stereocenters. The van der Waals surface area contributed by atoms with E-state index in [1.807, 2.05) is 48.2 Å². The average Bonchev–Trinajstić information content (AvgIpc) is 2.55. The molecule has 1 aliphatic heterocycles. The maximum atomic E-state index is 12.2. The lowest BCUT2D eigenvalue weighted by Crippen LogP contribution is -2.31. The molecule has 1 N–H and O–H groups in total. The summed E-state index contributed by atoms with van der Waals surface area (Å²) in [4.78, 5) is 13.4. The lowest BCUT2D eigenvalue weighted by atomic mass is 10.0. The van der Waals surface area contributed by atoms with Crippen molar-refractivity contribution in [3.63, 3.8) is 0 Å². The minimum Gasteiger partial charge on any atom is -0.493 e. The molecule has 0 spiro atoms. The molecule has 120 valence electrons. The molecule has 1 heterocycles. The highest BCUT2D eigenvalue weighted by Gasteiger charge is 2.21. The summed E-state index contributed by atoms with van der Waals surface area (Å²) in [5, 5.41) is 3.13. The summed E-state index contributed by atoms with van der Waals surface area (Å²) in [7, 11) is 0. The second-order valence-corrected chi connectivity index (χ2v) is 7.40. The monoisotopic (exact) mass is 391 g/mol. The van der Waals surface area contributed by atoms with Gasteiger partial charge in [0.1, 0.15) is 5.75 Å². The number of benzene rings is 2. The van der Waals surface area contributed by atoms with Crippen molar-refractivity contribution in [2.45, 2.75) is 23.8 Å². The number of thioether (sulfide) groups is 1. The van der Waals surface area contributed by atoms with Gasteiger partial charge >= 0.3 is 0 Å². The smallest absolute Gasteiger partial charge is 0.223 e. The quantitative estimate of drug-likeness (QED) is 0.810. The van der Waals surface area contributed by atoms with E-state index in [-0.39, 0.29) is 11.9 Å². The van der Waals surface area contributed by atoms with Crippen molar-refractivity contribution in [1.29, 1.82) is 0 Å². The Kier molecular flexibility index (Phi) is 5.62. The van der Waals surface area contributed by atoms with E-state index in [0.29, 0.717) is 13.0 Å². The summed E-state index contributed by atoms with van der Waals surface area (Å²) >= 11 is 5.26. The van der Waals surface area contributed by atoms with Crippen molar-refractivity contribution >= 4 is 33.6 Å². The number of nitrogens with one attached hydrogen (secondary N) is 1. The summed E-state index contributed by atoms with van der Waals surface area (Å²) in [5.74, 6) is 1.84. The van der Waals surface area contributed by atoms with Crippen LogP contribution >= 0.6 is 27.7 Å². The van der Waals surface area contributed by atoms with E-state index in [1.54, 1.807) is 0 Å². The zero-order valence-electron chi connectivity index (χ0n) is 12.6. The summed E-state index contributed by atoms with van der Waals surface area (Å²) in [6.07, 6.45) is 1.33. The van der Waals surface area contributed by atoms with Crippen molar-refractivity contribution in [3.05, 3.63) is 58.6 Å². The number of fused-ring (bicyclic) bond motifs is 1. The van der Waals surface area contributed by atoms with Crippen LogP contribution in [0.1, 0.15) is 24.4 Å². The van der Waals surface area contributed by atoms with Gasteiger partial charge in [-0.05, 0) is 36.2 Å². The highest BCUT2D eigenvalue weighted by Crippen LogP contribution is 2.35. The van der Waals surface area contributed by atoms with Crippen LogP contribution in [0.2, 0.25) is 0 Å². The third kappa shape index (κ3) is 4.52. The third-order valence-corrected chi connectivity index (χ3v) is 5.30. The molecule has 0 saturated heterocycles. The van der Waals surface area contributed by atoms with Gasteiger partial charge < -0.3 is 10.1 Å². The van der Waals surface area contributed by atoms with Crippen LogP contribution in [-0.4, -0.2) is 18.3 Å². The number of hydrogen-bond donors (Lipinski definition) is 1. The van der Waals surface area contributed by atoms with Crippen molar-refractivity contribution < 1.29 is 9.53 Å². The van der Waals surface area contributed by atoms with E-state index in [9.17, 15) is 4.79 Å². The number of hydrogen-bond acceptors (Lipinski definition) is 3. The van der Waals surface area contributed by atoms with Crippen molar-refractivity contribution in [1.82, 2.24) is 5.32 Å². The zero-order valence-corrected chi connectivity index (χ0v) is 15.0. The molecule has 2 aromatic carbocycles. The van der Waals surface area contributed by atoms with Crippen LogP contribution in [0.3, 0.4) is 0 Å². The van der Waals surface area contributed by atoms with Gasteiger partial charge in [0, 0.05) is 15.1 Å². The van der Waals surface area contributed by atoms with Gasteiger partial charge in [0.2, 0.25) is 5.91 Å². The van der Waals surface area contributed by atoms with E-state index in [4.69, 9.17) is 4.74 Å². The first-order valence-corrected chi connectivity index (χ1v) is 9.40. The molecule has 1 aliphatic rings. The van der Waals surface area contributed by atoms with Crippen LogP contribution in [0.4, 0.5) is 0 Å². The average molecular weight is 392 g/mol. The normalized spacial score (nSPS) is 16.5. The van der Waals surface area contributed by atoms with Crippen molar-refractivity contribution in [3.8, 4) is 5.75 Å². The fourth-order valence-corrected chi connectivity index (χ4v) is 4.08. The Morgan fingerprint density at radius 2 is 2.13 bits per heavy atom. The number of carbonyl (C=O) groups is 1. The topological polar surface area (TPSA) is 38.3 Å². The first kappa shape index (κ1) is 16.4. The SMILES string of the molecule is O=C(CCOc1cccc(Br)c1)N[C@@H]1CCSc2ccccc21. The zero-order chi connectivity index (χ0) is 16.1. The van der Waals surface area contributed by atoms with E-state index in [0.717, 1.165) is 22.4 Å². The Balaban J connectivity index is 1.50. The Hall–Kier alpha value is -1.46. The van der Waals surface area contributed by atoms with E-state index < -0.39 is 0 Å². The van der Waals surface area contributed by atoms with Gasteiger partial charge in [-0.1, -0.05) is 40.2 Å². The maximum absolute atomic E-state index is 12.2. The largest absolute Gasteiger partial charge is 0.493 e. The first-order valence-electron chi connectivity index (χ1n) is 7.62. The standard InChI is InChI=1S/C18H18BrNO2S/c19-13-4-3-5-14(12-13)22-10-8-18(21)20-16-9-11-23-17-7-2-1-6-15(16)17/h1-7,12,16H,8-11H2,(H,20,21)/t16-/m1/s1. The van der Waals surface area contributed by atoms with E-state index in [1.165, 1.54) is 10.5 Å². The lowest BCUT2D eigenvalue weighted by Gasteiger charge is -2.25. The molecule has 0 radical (unpaired) electrons. The van der Waals surface area contributed by atoms with Gasteiger partial charge in [0.05, 0.1) is 19.1 Å². The van der Waals surface area contributed by atoms with Gasteiger partial charge in [-0.2, -0.15) is 0 Å². The summed E-state index contributed by atoms with van der Waals surface area (Å²) in [6, 6.07) is 16.0. The molecule has 0 aliphatic carbocycles. The van der Waals surface area contributed by atoms with Gasteiger partial charge in [-0.25, -0.2) is 0 Å². The molecular weight excluding hydrogens is 374 g/mol. The second kappa shape index (κ2) is 7.88. The molecule has 3 rings (SSSR count). The van der Waals surface area contributed by atoms with E-state index >= 15 is 0 Å². The highest BCUT2D eigenvalue weighted by atomic mass is 79.9. The molecule has 0 aromatic heterocycles. The minimum absolute atomic E-state index is 0.0340. The van der Waals surface area contributed by atoms with Crippen LogP contribution in [0.25, 0.3) is 0 Å². The highest BCUT2D eigenvalue weighted by molar-refractivity contribution is 9.10. The first-order chi connectivity index (χ1) is 11.2. The Labute approximate surface area is 148 Å². The third-order valence-electron chi connectivity index (χ3n) is 3.69. The van der Waals surface area contributed by atoms with Crippen LogP contribution < -0.4 is 10.1 Å². The summed E-state index contributed by atoms with van der Waals surface area (Å²) < 4.78 is 6.59. The molecule has 3 nitrogen and oxygen atoms in total. The second-order valence-electron chi connectivity index (χ2n) is 5.35. The summed E-state index contributed by atoms with van der Waals surface area (Å²) in [5.41, 5.74) is 1.23. The molecule has 0 bridgehead atoms. The van der Waals surface area contributed by atoms with Gasteiger partial charge in [0.25, 0.3) is 0 Å². The maximum Gasteiger partial charge on any atom is 0.223 e. The van der Waals surface area contributed by atoms with Crippen LogP contribution in [0.5, 0.6) is 5.75 Å². The Morgan fingerprint density at radius 3 is 3.00 bits per heavy atom. The molecule has 5 heteroatoms. The van der Waals surface area contributed by atoms with Gasteiger partial charge in [-0.3, -0.25) is 4.79 Å². The molecule has 0 unspecified atom stereocenters. The van der Waals surface area contributed by atoms with E-state index in [2.05, 4.69) is 33.4 Å². The lowest BCUT2D eigenvalue weighted by molar-refractivity contribution is -0.122. The predicted octanol–water partition coefficient (Wildman–Crippen LogP) is 4.57.